The van der Waals surface area contributed by atoms with E-state index in [0.717, 1.165) is 12.1 Å². The van der Waals surface area contributed by atoms with E-state index in [0.29, 0.717) is 17.1 Å². The van der Waals surface area contributed by atoms with E-state index >= 15 is 0 Å². The minimum atomic E-state index is -0.233. The SMILES string of the molecule is Cn1nc(CC(C)(C)C)cc1NC(=O)c1coc(CN)c1. The van der Waals surface area contributed by atoms with Gasteiger partial charge in [0.05, 0.1) is 17.8 Å². The molecule has 0 unspecified atom stereocenters. The Morgan fingerprint density at radius 2 is 2.14 bits per heavy atom. The van der Waals surface area contributed by atoms with Gasteiger partial charge in [-0.2, -0.15) is 5.10 Å². The molecule has 114 valence electrons. The third kappa shape index (κ3) is 3.95. The number of aryl methyl sites for hydroxylation is 1. The van der Waals surface area contributed by atoms with Crippen molar-refractivity contribution in [2.45, 2.75) is 33.7 Å². The van der Waals surface area contributed by atoms with E-state index in [-0.39, 0.29) is 17.9 Å². The van der Waals surface area contributed by atoms with Gasteiger partial charge in [-0.15, -0.1) is 0 Å². The lowest BCUT2D eigenvalue weighted by molar-refractivity contribution is 0.102. The van der Waals surface area contributed by atoms with Crippen molar-refractivity contribution in [3.63, 3.8) is 0 Å². The number of nitrogens with one attached hydrogen (secondary N) is 1. The number of nitrogens with two attached hydrogens (primary N) is 1. The van der Waals surface area contributed by atoms with Crippen LogP contribution in [0.2, 0.25) is 0 Å². The number of rotatable bonds is 4. The van der Waals surface area contributed by atoms with E-state index in [1.54, 1.807) is 10.7 Å². The molecule has 2 aromatic heterocycles. The van der Waals surface area contributed by atoms with Crippen molar-refractivity contribution in [3.8, 4) is 0 Å². The fourth-order valence-electron chi connectivity index (χ4n) is 2.07. The number of nitrogens with zero attached hydrogens (tertiary/aromatic N) is 2. The summed E-state index contributed by atoms with van der Waals surface area (Å²) in [6, 6.07) is 3.54. The Morgan fingerprint density at radius 3 is 2.71 bits per heavy atom. The van der Waals surface area contributed by atoms with Crippen LogP contribution in [-0.4, -0.2) is 15.7 Å². The highest BCUT2D eigenvalue weighted by atomic mass is 16.3. The van der Waals surface area contributed by atoms with Crippen molar-refractivity contribution in [1.29, 1.82) is 0 Å². The summed E-state index contributed by atoms with van der Waals surface area (Å²) >= 11 is 0. The van der Waals surface area contributed by atoms with Crippen LogP contribution in [0.25, 0.3) is 0 Å². The summed E-state index contributed by atoms with van der Waals surface area (Å²) in [5.41, 5.74) is 7.02. The molecule has 6 heteroatoms. The van der Waals surface area contributed by atoms with Gasteiger partial charge in [0, 0.05) is 13.1 Å². The molecule has 2 rings (SSSR count). The molecule has 2 heterocycles. The molecule has 0 aliphatic heterocycles. The van der Waals surface area contributed by atoms with Gasteiger partial charge in [-0.05, 0) is 17.9 Å². The minimum Gasteiger partial charge on any atom is -0.467 e. The molecular weight excluding hydrogens is 268 g/mol. The van der Waals surface area contributed by atoms with Crippen LogP contribution in [0.15, 0.2) is 22.8 Å². The normalized spacial score (nSPS) is 11.7. The van der Waals surface area contributed by atoms with Crippen molar-refractivity contribution in [2.24, 2.45) is 18.2 Å². The molecule has 1 amide bonds. The Balaban J connectivity index is 2.10. The molecule has 21 heavy (non-hydrogen) atoms. The Labute approximate surface area is 124 Å². The molecule has 0 atom stereocenters. The lowest BCUT2D eigenvalue weighted by atomic mass is 9.91. The number of carbonyl (C=O) groups excluding carboxylic acids is 1. The zero-order chi connectivity index (χ0) is 15.6. The maximum Gasteiger partial charge on any atom is 0.260 e. The molecule has 0 aliphatic carbocycles. The molecule has 0 spiro atoms. The van der Waals surface area contributed by atoms with Gasteiger partial charge in [0.15, 0.2) is 0 Å². The van der Waals surface area contributed by atoms with Crippen molar-refractivity contribution < 1.29 is 9.21 Å². The molecule has 3 N–H and O–H groups in total. The van der Waals surface area contributed by atoms with Crippen LogP contribution in [-0.2, 0) is 20.0 Å². The second-order valence-electron chi connectivity index (χ2n) is 6.34. The Kier molecular flexibility index (Phi) is 4.18. The Hall–Kier alpha value is -2.08. The lowest BCUT2D eigenvalue weighted by Gasteiger charge is -2.15. The van der Waals surface area contributed by atoms with Gasteiger partial charge >= 0.3 is 0 Å². The first-order valence-electron chi connectivity index (χ1n) is 6.90. The van der Waals surface area contributed by atoms with Crippen LogP contribution in [0.1, 0.15) is 42.6 Å². The number of aromatic nitrogens is 2. The first kappa shape index (κ1) is 15.3. The summed E-state index contributed by atoms with van der Waals surface area (Å²) in [6.07, 6.45) is 2.25. The van der Waals surface area contributed by atoms with Crippen molar-refractivity contribution >= 4 is 11.7 Å². The molecule has 0 fully saturated rings. The highest BCUT2D eigenvalue weighted by molar-refractivity contribution is 6.03. The standard InChI is InChI=1S/C15H22N4O2/c1-15(2,3)7-11-6-13(19(4)18-11)17-14(20)10-5-12(8-16)21-9-10/h5-6,9H,7-8,16H2,1-4H3,(H,17,20). The predicted octanol–water partition coefficient (Wildman–Crippen LogP) is 2.31. The van der Waals surface area contributed by atoms with Gasteiger partial charge in [-0.1, -0.05) is 20.8 Å². The third-order valence-electron chi connectivity index (χ3n) is 3.00. The van der Waals surface area contributed by atoms with E-state index < -0.39 is 0 Å². The number of hydrogen-bond acceptors (Lipinski definition) is 4. The van der Waals surface area contributed by atoms with Gasteiger partial charge in [-0.3, -0.25) is 9.48 Å². The molecule has 0 radical (unpaired) electrons. The zero-order valence-electron chi connectivity index (χ0n) is 12.9. The van der Waals surface area contributed by atoms with Crippen molar-refractivity contribution in [3.05, 3.63) is 35.4 Å². The average Bonchev–Trinajstić information content (AvgIpc) is 2.95. The molecular formula is C15H22N4O2. The predicted molar refractivity (Wildman–Crippen MR) is 80.9 cm³/mol. The molecule has 0 bridgehead atoms. The highest BCUT2D eigenvalue weighted by Crippen LogP contribution is 2.22. The molecule has 0 aliphatic rings. The Morgan fingerprint density at radius 1 is 1.43 bits per heavy atom. The summed E-state index contributed by atoms with van der Waals surface area (Å²) in [7, 11) is 1.81. The Bertz CT molecular complexity index is 634. The molecule has 0 saturated carbocycles. The number of carbonyl (C=O) groups is 1. The van der Waals surface area contributed by atoms with Crippen LogP contribution < -0.4 is 11.1 Å². The van der Waals surface area contributed by atoms with E-state index in [2.05, 4.69) is 31.2 Å². The van der Waals surface area contributed by atoms with E-state index in [1.165, 1.54) is 6.26 Å². The number of amides is 1. The van der Waals surface area contributed by atoms with Crippen LogP contribution in [0.4, 0.5) is 5.82 Å². The van der Waals surface area contributed by atoms with E-state index in [1.807, 2.05) is 13.1 Å². The van der Waals surface area contributed by atoms with E-state index in [9.17, 15) is 4.79 Å². The smallest absolute Gasteiger partial charge is 0.260 e. The second-order valence-corrected chi connectivity index (χ2v) is 6.34. The van der Waals surface area contributed by atoms with Gasteiger partial charge in [0.25, 0.3) is 5.91 Å². The molecule has 2 aromatic rings. The number of furan rings is 1. The first-order chi connectivity index (χ1) is 9.78. The summed E-state index contributed by atoms with van der Waals surface area (Å²) in [5.74, 6) is 1.01. The number of anilines is 1. The summed E-state index contributed by atoms with van der Waals surface area (Å²) in [5, 5.41) is 7.25. The molecule has 0 saturated heterocycles. The fraction of sp³-hybridized carbons (Fsp3) is 0.467. The highest BCUT2D eigenvalue weighted by Gasteiger charge is 2.17. The molecule has 0 aromatic carbocycles. The first-order valence-corrected chi connectivity index (χ1v) is 6.90. The zero-order valence-corrected chi connectivity index (χ0v) is 12.9. The minimum absolute atomic E-state index is 0.149. The second kappa shape index (κ2) is 5.73. The quantitative estimate of drug-likeness (QED) is 0.904. The monoisotopic (exact) mass is 290 g/mol. The van der Waals surface area contributed by atoms with E-state index in [4.69, 9.17) is 10.2 Å². The van der Waals surface area contributed by atoms with Crippen LogP contribution in [0.5, 0.6) is 0 Å². The maximum absolute atomic E-state index is 12.1. The van der Waals surface area contributed by atoms with Crippen LogP contribution in [0.3, 0.4) is 0 Å². The lowest BCUT2D eigenvalue weighted by Crippen LogP contribution is -2.13. The summed E-state index contributed by atoms with van der Waals surface area (Å²) in [6.45, 7) is 6.73. The third-order valence-corrected chi connectivity index (χ3v) is 3.00. The van der Waals surface area contributed by atoms with Gasteiger partial charge < -0.3 is 15.5 Å². The average molecular weight is 290 g/mol. The fourth-order valence-corrected chi connectivity index (χ4v) is 2.07. The van der Waals surface area contributed by atoms with Gasteiger partial charge in [0.1, 0.15) is 17.8 Å². The summed E-state index contributed by atoms with van der Waals surface area (Å²) in [4.78, 5) is 12.1. The maximum atomic E-state index is 12.1. The van der Waals surface area contributed by atoms with Crippen molar-refractivity contribution in [2.75, 3.05) is 5.32 Å². The van der Waals surface area contributed by atoms with Crippen LogP contribution in [0, 0.1) is 5.41 Å². The van der Waals surface area contributed by atoms with Gasteiger partial charge in [-0.25, -0.2) is 0 Å². The topological polar surface area (TPSA) is 86.1 Å². The largest absolute Gasteiger partial charge is 0.467 e. The van der Waals surface area contributed by atoms with Crippen molar-refractivity contribution in [1.82, 2.24) is 9.78 Å². The van der Waals surface area contributed by atoms with Crippen LogP contribution >= 0.6 is 0 Å². The number of hydrogen-bond donors (Lipinski definition) is 2. The van der Waals surface area contributed by atoms with Gasteiger partial charge in [0.2, 0.25) is 0 Å². The summed E-state index contributed by atoms with van der Waals surface area (Å²) < 4.78 is 6.84. The molecule has 6 nitrogen and oxygen atoms in total.